The highest BCUT2D eigenvalue weighted by molar-refractivity contribution is 5.21. The van der Waals surface area contributed by atoms with Crippen LogP contribution in [0.3, 0.4) is 0 Å². The summed E-state index contributed by atoms with van der Waals surface area (Å²) in [6.45, 7) is 0. The monoisotopic (exact) mass is 138 g/mol. The highest BCUT2D eigenvalue weighted by Crippen LogP contribution is 2.11. The highest BCUT2D eigenvalue weighted by atomic mass is 14.7. The summed E-state index contributed by atoms with van der Waals surface area (Å²) in [4.78, 5) is 0. The number of allylic oxidation sites excluding steroid dienone is 3. The van der Waals surface area contributed by atoms with Gasteiger partial charge in [-0.1, -0.05) is 6.08 Å². The molecule has 56 valence electrons. The van der Waals surface area contributed by atoms with Crippen LogP contribution in [-0.2, 0) is 0 Å². The molecule has 1 aliphatic rings. The van der Waals surface area contributed by atoms with Crippen LogP contribution in [0.4, 0.5) is 0 Å². The second kappa shape index (κ2) is 3.30. The Labute approximate surface area is 61.6 Å². The lowest BCUT2D eigenvalue weighted by atomic mass is 10.1. The van der Waals surface area contributed by atoms with Gasteiger partial charge in [0.25, 0.3) is 0 Å². The summed E-state index contributed by atoms with van der Waals surface area (Å²) in [5.41, 5.74) is 12.9. The van der Waals surface area contributed by atoms with Crippen LogP contribution in [0.2, 0.25) is 0 Å². The molecule has 0 spiro atoms. The average molecular weight is 138 g/mol. The van der Waals surface area contributed by atoms with E-state index in [0.717, 1.165) is 30.7 Å². The standard InChI is InChI=1S/C8H14N2/c9-7-5-3-1-2-4-6-8(7)10/h3,5H,1-2,4,6,9-10H2/b5-3-,8-7-. The van der Waals surface area contributed by atoms with E-state index in [-0.39, 0.29) is 0 Å². The molecule has 10 heavy (non-hydrogen) atoms. The van der Waals surface area contributed by atoms with E-state index in [4.69, 9.17) is 11.5 Å². The SMILES string of the molecule is NC1=C(\N)CCCC/C=C\1. The molecule has 0 fully saturated rings. The number of rotatable bonds is 0. The second-order valence-electron chi connectivity index (χ2n) is 2.63. The summed E-state index contributed by atoms with van der Waals surface area (Å²) in [5.74, 6) is 0. The summed E-state index contributed by atoms with van der Waals surface area (Å²) in [6.07, 6.45) is 8.47. The molecule has 0 saturated carbocycles. The zero-order chi connectivity index (χ0) is 7.40. The van der Waals surface area contributed by atoms with Gasteiger partial charge >= 0.3 is 0 Å². The van der Waals surface area contributed by atoms with Gasteiger partial charge in [-0.3, -0.25) is 0 Å². The summed E-state index contributed by atoms with van der Waals surface area (Å²) in [6, 6.07) is 0. The molecule has 0 bridgehead atoms. The van der Waals surface area contributed by atoms with Crippen LogP contribution in [0.25, 0.3) is 0 Å². The predicted molar refractivity (Wildman–Crippen MR) is 43.0 cm³/mol. The molecule has 1 aliphatic carbocycles. The molecule has 2 nitrogen and oxygen atoms in total. The molecule has 0 aromatic rings. The third kappa shape index (κ3) is 1.79. The zero-order valence-electron chi connectivity index (χ0n) is 6.14. The predicted octanol–water partition coefficient (Wildman–Crippen LogP) is 1.25. The van der Waals surface area contributed by atoms with Gasteiger partial charge in [0.15, 0.2) is 0 Å². The van der Waals surface area contributed by atoms with Crippen molar-refractivity contribution < 1.29 is 0 Å². The maximum atomic E-state index is 5.65. The van der Waals surface area contributed by atoms with Crippen LogP contribution in [0.5, 0.6) is 0 Å². The van der Waals surface area contributed by atoms with Gasteiger partial charge < -0.3 is 11.5 Å². The van der Waals surface area contributed by atoms with E-state index >= 15 is 0 Å². The van der Waals surface area contributed by atoms with E-state index in [1.807, 2.05) is 6.08 Å². The topological polar surface area (TPSA) is 52.0 Å². The first-order valence-electron chi connectivity index (χ1n) is 3.71. The van der Waals surface area contributed by atoms with E-state index < -0.39 is 0 Å². The molecule has 0 saturated heterocycles. The second-order valence-corrected chi connectivity index (χ2v) is 2.63. The Hall–Kier alpha value is -0.920. The van der Waals surface area contributed by atoms with Crippen molar-refractivity contribution >= 4 is 0 Å². The fraction of sp³-hybridized carbons (Fsp3) is 0.500. The highest BCUT2D eigenvalue weighted by Gasteiger charge is 1.98. The van der Waals surface area contributed by atoms with Gasteiger partial charge in [0.05, 0.1) is 5.70 Å². The number of hydrogen-bond donors (Lipinski definition) is 2. The molecule has 0 aliphatic heterocycles. The maximum Gasteiger partial charge on any atom is 0.0501 e. The number of nitrogens with two attached hydrogens (primary N) is 2. The van der Waals surface area contributed by atoms with Crippen molar-refractivity contribution in [3.63, 3.8) is 0 Å². The molecular formula is C8H14N2. The molecule has 0 aromatic heterocycles. The Morgan fingerprint density at radius 2 is 2.00 bits per heavy atom. The minimum Gasteiger partial charge on any atom is -0.400 e. The molecule has 0 atom stereocenters. The van der Waals surface area contributed by atoms with Crippen LogP contribution in [0.15, 0.2) is 23.5 Å². The molecule has 2 heteroatoms. The van der Waals surface area contributed by atoms with Gasteiger partial charge in [0, 0.05) is 5.70 Å². The molecule has 4 N–H and O–H groups in total. The van der Waals surface area contributed by atoms with Crippen molar-refractivity contribution in [2.75, 3.05) is 0 Å². The lowest BCUT2D eigenvalue weighted by Crippen LogP contribution is -2.08. The van der Waals surface area contributed by atoms with Crippen LogP contribution in [-0.4, -0.2) is 0 Å². The zero-order valence-corrected chi connectivity index (χ0v) is 6.14. The third-order valence-corrected chi connectivity index (χ3v) is 1.74. The third-order valence-electron chi connectivity index (χ3n) is 1.74. The minimum absolute atomic E-state index is 0.750. The molecule has 0 unspecified atom stereocenters. The Morgan fingerprint density at radius 3 is 2.80 bits per heavy atom. The van der Waals surface area contributed by atoms with Crippen molar-refractivity contribution in [3.8, 4) is 0 Å². The molecule has 0 heterocycles. The van der Waals surface area contributed by atoms with E-state index in [1.54, 1.807) is 0 Å². The Kier molecular flexibility index (Phi) is 2.37. The summed E-state index contributed by atoms with van der Waals surface area (Å²) in [7, 11) is 0. The lowest BCUT2D eigenvalue weighted by Gasteiger charge is -2.06. The van der Waals surface area contributed by atoms with Gasteiger partial charge in [-0.15, -0.1) is 0 Å². The Balaban J connectivity index is 2.67. The van der Waals surface area contributed by atoms with E-state index in [1.165, 1.54) is 6.42 Å². The van der Waals surface area contributed by atoms with E-state index in [0.29, 0.717) is 0 Å². The molecular weight excluding hydrogens is 124 g/mol. The first-order chi connectivity index (χ1) is 4.80. The fourth-order valence-corrected chi connectivity index (χ4v) is 1.04. The minimum atomic E-state index is 0.750. The van der Waals surface area contributed by atoms with Crippen LogP contribution >= 0.6 is 0 Å². The van der Waals surface area contributed by atoms with Crippen molar-refractivity contribution in [2.24, 2.45) is 11.5 Å². The average Bonchev–Trinajstić information content (AvgIpc) is 1.92. The Morgan fingerprint density at radius 1 is 1.20 bits per heavy atom. The Bertz CT molecular complexity index is 168. The van der Waals surface area contributed by atoms with Crippen molar-refractivity contribution in [2.45, 2.75) is 25.7 Å². The first-order valence-corrected chi connectivity index (χ1v) is 3.71. The lowest BCUT2D eigenvalue weighted by molar-refractivity contribution is 0.726. The van der Waals surface area contributed by atoms with Crippen LogP contribution < -0.4 is 11.5 Å². The number of hydrogen-bond acceptors (Lipinski definition) is 2. The largest absolute Gasteiger partial charge is 0.400 e. The van der Waals surface area contributed by atoms with E-state index in [9.17, 15) is 0 Å². The smallest absolute Gasteiger partial charge is 0.0501 e. The summed E-state index contributed by atoms with van der Waals surface area (Å²) in [5, 5.41) is 0. The maximum absolute atomic E-state index is 5.65. The van der Waals surface area contributed by atoms with Gasteiger partial charge in [-0.25, -0.2) is 0 Å². The quantitative estimate of drug-likeness (QED) is 0.529. The molecule has 0 amide bonds. The van der Waals surface area contributed by atoms with Crippen LogP contribution in [0.1, 0.15) is 25.7 Å². The fourth-order valence-electron chi connectivity index (χ4n) is 1.04. The molecule has 1 rings (SSSR count). The molecule has 0 aromatic carbocycles. The van der Waals surface area contributed by atoms with Gasteiger partial charge in [-0.05, 0) is 31.8 Å². The van der Waals surface area contributed by atoms with Gasteiger partial charge in [-0.2, -0.15) is 0 Å². The van der Waals surface area contributed by atoms with Crippen molar-refractivity contribution in [1.82, 2.24) is 0 Å². The van der Waals surface area contributed by atoms with Crippen molar-refractivity contribution in [1.29, 1.82) is 0 Å². The first kappa shape index (κ1) is 7.19. The summed E-state index contributed by atoms with van der Waals surface area (Å²) >= 11 is 0. The van der Waals surface area contributed by atoms with Gasteiger partial charge in [0.1, 0.15) is 0 Å². The normalized spacial score (nSPS) is 30.8. The van der Waals surface area contributed by atoms with Gasteiger partial charge in [0.2, 0.25) is 0 Å². The van der Waals surface area contributed by atoms with Crippen LogP contribution in [0, 0.1) is 0 Å². The van der Waals surface area contributed by atoms with Crippen molar-refractivity contribution in [3.05, 3.63) is 23.5 Å². The molecule has 0 radical (unpaired) electrons. The van der Waals surface area contributed by atoms with E-state index in [2.05, 4.69) is 6.08 Å². The summed E-state index contributed by atoms with van der Waals surface area (Å²) < 4.78 is 0.